The lowest BCUT2D eigenvalue weighted by Gasteiger charge is -2.09. The Bertz CT molecular complexity index is 1100. The number of nitrogens with one attached hydrogen (secondary N) is 1. The van der Waals surface area contributed by atoms with Gasteiger partial charge in [0.15, 0.2) is 0 Å². The second-order valence-corrected chi connectivity index (χ2v) is 7.01. The van der Waals surface area contributed by atoms with Crippen molar-refractivity contribution in [2.75, 3.05) is 5.32 Å². The lowest BCUT2D eigenvalue weighted by molar-refractivity contribution is 0.100. The van der Waals surface area contributed by atoms with Crippen LogP contribution in [0.3, 0.4) is 0 Å². The Morgan fingerprint density at radius 1 is 1.16 bits per heavy atom. The van der Waals surface area contributed by atoms with Crippen LogP contribution in [0.1, 0.15) is 15.9 Å². The van der Waals surface area contributed by atoms with Gasteiger partial charge in [-0.2, -0.15) is 0 Å². The number of hydrogen-bond donors (Lipinski definition) is 3. The molecule has 0 aliphatic heterocycles. The number of fused-ring (bicyclic) bond motifs is 1. The Balaban J connectivity index is 1.92. The van der Waals surface area contributed by atoms with Crippen molar-refractivity contribution in [2.45, 2.75) is 11.8 Å². The molecule has 1 heterocycles. The highest BCUT2D eigenvalue weighted by Gasteiger charge is 2.12. The Kier molecular flexibility index (Phi) is 4.11. The maximum Gasteiger partial charge on any atom is 0.248 e. The Hall–Kier alpha value is -3.04. The van der Waals surface area contributed by atoms with Crippen LogP contribution < -0.4 is 16.2 Å². The highest BCUT2D eigenvalue weighted by molar-refractivity contribution is 7.89. The number of amides is 1. The summed E-state index contributed by atoms with van der Waals surface area (Å²) >= 11 is 0. The maximum absolute atomic E-state index is 11.4. The van der Waals surface area contributed by atoms with Crippen LogP contribution in [0.4, 0.5) is 11.6 Å². The summed E-state index contributed by atoms with van der Waals surface area (Å²) < 4.78 is 22.9. The van der Waals surface area contributed by atoms with E-state index in [0.717, 1.165) is 0 Å². The molecule has 5 N–H and O–H groups in total. The third kappa shape index (κ3) is 3.57. The molecule has 0 saturated carbocycles. The molecule has 3 aromatic rings. The first-order valence-electron chi connectivity index (χ1n) is 7.21. The fourth-order valence-electron chi connectivity index (χ4n) is 2.42. The van der Waals surface area contributed by atoms with Crippen LogP contribution in [-0.4, -0.2) is 24.3 Å². The Morgan fingerprint density at radius 2 is 1.92 bits per heavy atom. The van der Waals surface area contributed by atoms with Crippen molar-refractivity contribution in [3.05, 3.63) is 53.7 Å². The molecule has 0 spiro atoms. The van der Waals surface area contributed by atoms with Gasteiger partial charge in [0.1, 0.15) is 0 Å². The molecule has 0 unspecified atom stereocenters. The fraction of sp³-hybridized carbons (Fsp3) is 0.0625. The zero-order chi connectivity index (χ0) is 18.2. The lowest BCUT2D eigenvalue weighted by Crippen LogP contribution is -2.13. The molecule has 3 rings (SSSR count). The first-order chi connectivity index (χ1) is 11.7. The molecule has 0 radical (unpaired) electrons. The number of aryl methyl sites for hydroxylation is 1. The summed E-state index contributed by atoms with van der Waals surface area (Å²) in [7, 11) is -3.76. The number of hydrogen-bond acceptors (Lipinski definition) is 6. The minimum Gasteiger partial charge on any atom is -0.366 e. The highest BCUT2D eigenvalue weighted by Crippen LogP contribution is 2.22. The van der Waals surface area contributed by atoms with Crippen molar-refractivity contribution in [2.24, 2.45) is 10.9 Å². The van der Waals surface area contributed by atoms with Crippen molar-refractivity contribution in [1.29, 1.82) is 0 Å². The number of nitrogens with zero attached hydrogens (tertiary/aromatic N) is 2. The smallest absolute Gasteiger partial charge is 0.248 e. The number of rotatable bonds is 4. The Morgan fingerprint density at radius 3 is 2.56 bits per heavy atom. The van der Waals surface area contributed by atoms with E-state index in [1.165, 1.54) is 6.07 Å². The molecule has 128 valence electrons. The third-order valence-corrected chi connectivity index (χ3v) is 4.67. The Labute approximate surface area is 143 Å². The quantitative estimate of drug-likeness (QED) is 0.645. The molecule has 2 aromatic carbocycles. The van der Waals surface area contributed by atoms with Gasteiger partial charge in [-0.15, -0.1) is 0 Å². The van der Waals surface area contributed by atoms with E-state index in [2.05, 4.69) is 15.3 Å². The van der Waals surface area contributed by atoms with Gasteiger partial charge in [-0.3, -0.25) is 4.79 Å². The first-order valence-corrected chi connectivity index (χ1v) is 8.76. The number of primary sulfonamides is 1. The van der Waals surface area contributed by atoms with Gasteiger partial charge in [0.2, 0.25) is 21.9 Å². The van der Waals surface area contributed by atoms with Crippen LogP contribution in [0.15, 0.2) is 47.5 Å². The van der Waals surface area contributed by atoms with E-state index in [-0.39, 0.29) is 4.90 Å². The van der Waals surface area contributed by atoms with Gasteiger partial charge >= 0.3 is 0 Å². The van der Waals surface area contributed by atoms with E-state index in [1.54, 1.807) is 43.5 Å². The normalized spacial score (nSPS) is 11.4. The fourth-order valence-corrected chi connectivity index (χ4v) is 3.19. The predicted octanol–water partition coefficient (Wildman–Crippen LogP) is 1.43. The molecule has 9 heteroatoms. The van der Waals surface area contributed by atoms with Gasteiger partial charge in [0.25, 0.3) is 0 Å². The third-order valence-electron chi connectivity index (χ3n) is 3.60. The van der Waals surface area contributed by atoms with E-state index >= 15 is 0 Å². The average Bonchev–Trinajstić information content (AvgIpc) is 2.53. The first kappa shape index (κ1) is 16.8. The standard InChI is InChI=1S/C16H15N5O3S/c1-9-6-12(3-5-14(9)25(18,23)24)20-16-19-8-11-7-10(15(17)22)2-4-13(11)21-16/h2-8H,1H3,(H2,17,22)(H2,18,23,24)(H,19,20,21). The number of nitrogens with two attached hydrogens (primary N) is 2. The van der Waals surface area contributed by atoms with Crippen molar-refractivity contribution in [3.63, 3.8) is 0 Å². The summed E-state index contributed by atoms with van der Waals surface area (Å²) in [5.74, 6) is -0.184. The zero-order valence-corrected chi connectivity index (χ0v) is 14.0. The molecule has 0 aliphatic rings. The van der Waals surface area contributed by atoms with Crippen molar-refractivity contribution in [3.8, 4) is 0 Å². The molecule has 0 aliphatic carbocycles. The molecular formula is C16H15N5O3S. The van der Waals surface area contributed by atoms with Gasteiger partial charge in [0.05, 0.1) is 10.4 Å². The van der Waals surface area contributed by atoms with Gasteiger partial charge in [-0.25, -0.2) is 23.5 Å². The summed E-state index contributed by atoms with van der Waals surface area (Å²) in [6, 6.07) is 9.53. The summed E-state index contributed by atoms with van der Waals surface area (Å²) in [6.07, 6.45) is 1.57. The van der Waals surface area contributed by atoms with Gasteiger partial charge < -0.3 is 11.1 Å². The molecule has 0 atom stereocenters. The summed E-state index contributed by atoms with van der Waals surface area (Å²) in [5, 5.41) is 8.84. The largest absolute Gasteiger partial charge is 0.366 e. The monoisotopic (exact) mass is 357 g/mol. The molecule has 0 saturated heterocycles. The maximum atomic E-state index is 11.4. The predicted molar refractivity (Wildman–Crippen MR) is 93.9 cm³/mol. The molecule has 1 amide bonds. The van der Waals surface area contributed by atoms with Gasteiger partial charge in [-0.05, 0) is 48.9 Å². The summed E-state index contributed by atoms with van der Waals surface area (Å²) in [4.78, 5) is 19.8. The van der Waals surface area contributed by atoms with Gasteiger partial charge in [-0.1, -0.05) is 0 Å². The minimum atomic E-state index is -3.76. The van der Waals surface area contributed by atoms with E-state index in [1.807, 2.05) is 0 Å². The van der Waals surface area contributed by atoms with Crippen molar-refractivity contribution >= 4 is 38.5 Å². The van der Waals surface area contributed by atoms with Crippen LogP contribution in [0.25, 0.3) is 10.9 Å². The molecule has 0 bridgehead atoms. The lowest BCUT2D eigenvalue weighted by atomic mass is 10.1. The van der Waals surface area contributed by atoms with Crippen LogP contribution in [0.2, 0.25) is 0 Å². The van der Waals surface area contributed by atoms with E-state index in [0.29, 0.717) is 33.7 Å². The topological polar surface area (TPSA) is 141 Å². The summed E-state index contributed by atoms with van der Waals surface area (Å²) in [6.45, 7) is 1.65. The van der Waals surface area contributed by atoms with Crippen LogP contribution in [0, 0.1) is 6.92 Å². The van der Waals surface area contributed by atoms with Crippen molar-refractivity contribution < 1.29 is 13.2 Å². The molecule has 1 aromatic heterocycles. The van der Waals surface area contributed by atoms with Crippen molar-refractivity contribution in [1.82, 2.24) is 9.97 Å². The number of carbonyl (C=O) groups excluding carboxylic acids is 1. The van der Waals surface area contributed by atoms with Crippen LogP contribution in [0.5, 0.6) is 0 Å². The molecular weight excluding hydrogens is 342 g/mol. The van der Waals surface area contributed by atoms with Crippen LogP contribution >= 0.6 is 0 Å². The number of benzene rings is 2. The second-order valence-electron chi connectivity index (χ2n) is 5.48. The molecule has 25 heavy (non-hydrogen) atoms. The number of primary amides is 1. The van der Waals surface area contributed by atoms with E-state index < -0.39 is 15.9 Å². The SMILES string of the molecule is Cc1cc(Nc2ncc3cc(C(N)=O)ccc3n2)ccc1S(N)(=O)=O. The number of aromatic nitrogens is 2. The van der Waals surface area contributed by atoms with Crippen LogP contribution in [-0.2, 0) is 10.0 Å². The summed E-state index contributed by atoms with van der Waals surface area (Å²) in [5.41, 5.74) is 7.41. The van der Waals surface area contributed by atoms with E-state index in [4.69, 9.17) is 10.9 Å². The number of carbonyl (C=O) groups is 1. The number of anilines is 2. The molecule has 0 fully saturated rings. The highest BCUT2D eigenvalue weighted by atomic mass is 32.2. The molecule has 8 nitrogen and oxygen atoms in total. The number of sulfonamides is 1. The minimum absolute atomic E-state index is 0.0662. The second kappa shape index (κ2) is 6.11. The zero-order valence-electron chi connectivity index (χ0n) is 13.2. The average molecular weight is 357 g/mol. The van der Waals surface area contributed by atoms with Gasteiger partial charge in [0, 0.05) is 22.8 Å². The van der Waals surface area contributed by atoms with E-state index in [9.17, 15) is 13.2 Å².